The Morgan fingerprint density at radius 3 is 1.76 bits per heavy atom. The van der Waals surface area contributed by atoms with Crippen molar-refractivity contribution in [3.63, 3.8) is 0 Å². The van der Waals surface area contributed by atoms with E-state index in [0.717, 1.165) is 4.90 Å². The lowest BCUT2D eigenvalue weighted by Gasteiger charge is -2.30. The molecule has 0 aromatic carbocycles. The smallest absolute Gasteiger partial charge is 0.459 e. The Hall–Kier alpha value is -1.19. The minimum atomic E-state index is -4.06. The number of rotatable bonds is 9. The molecule has 0 aromatic rings. The molecule has 0 aliphatic carbocycles. The Morgan fingerprint density at radius 1 is 0.897 bits per heavy atom. The topological polar surface area (TPSA) is 121 Å². The molecule has 0 unspecified atom stereocenters. The minimum absolute atomic E-state index is 0.160. The van der Waals surface area contributed by atoms with Gasteiger partial charge in [-0.2, -0.15) is 0 Å². The number of carbonyl (C=O) groups excluding carboxylic acids is 2. The van der Waals surface area contributed by atoms with E-state index in [1.54, 1.807) is 62.3 Å². The largest absolute Gasteiger partial charge is 0.478 e. The number of phosphoric ester groups is 1. The molecule has 1 N–H and O–H groups in total. The van der Waals surface area contributed by atoms with Gasteiger partial charge in [0.1, 0.15) is 12.1 Å². The summed E-state index contributed by atoms with van der Waals surface area (Å²) in [5, 5.41) is 9.12. The lowest BCUT2D eigenvalue weighted by Crippen LogP contribution is -2.40. The van der Waals surface area contributed by atoms with Gasteiger partial charge in [0.25, 0.3) is 0 Å². The lowest BCUT2D eigenvalue weighted by molar-refractivity contribution is -0.156. The van der Waals surface area contributed by atoms with Gasteiger partial charge in [-0.05, 0) is 62.3 Å². The average Bonchev–Trinajstić information content (AvgIpc) is 2.40. The Balaban J connectivity index is 4.97. The Labute approximate surface area is 173 Å². The van der Waals surface area contributed by atoms with Crippen molar-refractivity contribution in [3.8, 4) is 0 Å². The van der Waals surface area contributed by atoms with Crippen molar-refractivity contribution < 1.29 is 42.3 Å². The van der Waals surface area contributed by atoms with Crippen LogP contribution in [-0.2, 0) is 32.4 Å². The van der Waals surface area contributed by atoms with E-state index in [1.807, 2.05) is 0 Å². The number of hydrogen-bond acceptors (Lipinski definition) is 9. The van der Waals surface area contributed by atoms with Crippen LogP contribution in [0.5, 0.6) is 0 Å². The fourth-order valence-electron chi connectivity index (χ4n) is 1.86. The summed E-state index contributed by atoms with van der Waals surface area (Å²) in [7, 11) is -4.06. The number of carbonyl (C=O) groups is 2. The zero-order valence-corrected chi connectivity index (χ0v) is 19.8. The van der Waals surface area contributed by atoms with E-state index in [0.29, 0.717) is 0 Å². The van der Waals surface area contributed by atoms with E-state index in [2.05, 4.69) is 0 Å². The van der Waals surface area contributed by atoms with Crippen LogP contribution in [0.2, 0.25) is 0 Å². The molecule has 1 amide bonds. The number of esters is 1. The molecule has 0 bridgehead atoms. The number of phosphoric acid groups is 1. The normalized spacial score (nSPS) is 13.2. The summed E-state index contributed by atoms with van der Waals surface area (Å²) in [6.07, 6.45) is -0.956. The van der Waals surface area contributed by atoms with Gasteiger partial charge in [-0.3, -0.25) is 18.7 Å². The first-order valence-corrected chi connectivity index (χ1v) is 10.7. The third-order valence-electron chi connectivity index (χ3n) is 2.53. The highest BCUT2D eigenvalue weighted by molar-refractivity contribution is 7.48. The van der Waals surface area contributed by atoms with Crippen molar-refractivity contribution >= 4 is 19.9 Å². The summed E-state index contributed by atoms with van der Waals surface area (Å²) in [4.78, 5) is 25.1. The maximum atomic E-state index is 12.9. The summed E-state index contributed by atoms with van der Waals surface area (Å²) < 4.78 is 38.9. The number of hydrogen-bond donors (Lipinski definition) is 1. The summed E-state index contributed by atoms with van der Waals surface area (Å²) in [5.41, 5.74) is -2.41. The molecule has 0 fully saturated rings. The molecular weight excluding hydrogens is 405 g/mol. The van der Waals surface area contributed by atoms with E-state index >= 15 is 0 Å². The molecule has 0 aliphatic rings. The standard InChI is InChI=1S/C18H36NO9P/c1-16(2,3)26-14(21)12-19(10-11-20)15(22)24-13-25-29(23,27-17(4,5)6)28-18(7,8)9/h20H,10-13H2,1-9H3. The molecule has 172 valence electrons. The highest BCUT2D eigenvalue weighted by Crippen LogP contribution is 2.55. The molecule has 0 aliphatic heterocycles. The van der Waals surface area contributed by atoms with Gasteiger partial charge in [0.15, 0.2) is 0 Å². The highest BCUT2D eigenvalue weighted by Gasteiger charge is 2.37. The van der Waals surface area contributed by atoms with E-state index in [-0.39, 0.29) is 6.54 Å². The third kappa shape index (κ3) is 14.4. The second kappa shape index (κ2) is 10.7. The predicted octanol–water partition coefficient (Wildman–Crippen LogP) is 3.47. The number of aliphatic hydroxyl groups is 1. The molecule has 0 heterocycles. The first kappa shape index (κ1) is 27.8. The van der Waals surface area contributed by atoms with Crippen LogP contribution in [0, 0.1) is 0 Å². The zero-order chi connectivity index (χ0) is 23.1. The van der Waals surface area contributed by atoms with Gasteiger partial charge in [-0.25, -0.2) is 13.9 Å². The van der Waals surface area contributed by atoms with Crippen molar-refractivity contribution in [1.29, 1.82) is 0 Å². The first-order chi connectivity index (χ1) is 12.9. The van der Waals surface area contributed by atoms with E-state index in [9.17, 15) is 14.2 Å². The number of nitrogens with zero attached hydrogens (tertiary/aromatic N) is 1. The zero-order valence-electron chi connectivity index (χ0n) is 18.9. The van der Waals surface area contributed by atoms with Gasteiger partial charge in [-0.15, -0.1) is 0 Å². The molecule has 29 heavy (non-hydrogen) atoms. The average molecular weight is 441 g/mol. The van der Waals surface area contributed by atoms with Gasteiger partial charge in [-0.1, -0.05) is 0 Å². The van der Waals surface area contributed by atoms with Crippen molar-refractivity contribution in [3.05, 3.63) is 0 Å². The van der Waals surface area contributed by atoms with Crippen LogP contribution in [0.3, 0.4) is 0 Å². The molecule has 0 saturated carbocycles. The molecule has 10 nitrogen and oxygen atoms in total. The number of aliphatic hydroxyl groups excluding tert-OH is 1. The van der Waals surface area contributed by atoms with Crippen molar-refractivity contribution in [1.82, 2.24) is 4.90 Å². The van der Waals surface area contributed by atoms with Crippen LogP contribution in [0.1, 0.15) is 62.3 Å². The minimum Gasteiger partial charge on any atom is -0.459 e. The second-order valence-corrected chi connectivity index (χ2v) is 10.8. The molecule has 0 radical (unpaired) electrons. The summed E-state index contributed by atoms with van der Waals surface area (Å²) in [5.74, 6) is -0.665. The van der Waals surface area contributed by atoms with Gasteiger partial charge in [0.2, 0.25) is 6.79 Å². The maximum Gasteiger partial charge on any atom is 0.478 e. The van der Waals surface area contributed by atoms with Gasteiger partial charge in [0.05, 0.1) is 17.8 Å². The summed E-state index contributed by atoms with van der Waals surface area (Å²) >= 11 is 0. The Morgan fingerprint density at radius 2 is 1.38 bits per heavy atom. The molecule has 0 saturated heterocycles. The quantitative estimate of drug-likeness (QED) is 0.326. The molecule has 0 rings (SSSR count). The highest BCUT2D eigenvalue weighted by atomic mass is 31.2. The van der Waals surface area contributed by atoms with Crippen LogP contribution < -0.4 is 0 Å². The predicted molar refractivity (Wildman–Crippen MR) is 106 cm³/mol. The van der Waals surface area contributed by atoms with Crippen LogP contribution in [-0.4, -0.2) is 65.4 Å². The SMILES string of the molecule is CC(C)(C)OC(=O)CN(CCO)C(=O)OCOP(=O)(OC(C)(C)C)OC(C)(C)C. The lowest BCUT2D eigenvalue weighted by atomic mass is 10.2. The molecule has 0 aromatic heterocycles. The van der Waals surface area contributed by atoms with E-state index in [4.69, 9.17) is 28.2 Å². The molecular formula is C18H36NO9P. The van der Waals surface area contributed by atoms with Crippen molar-refractivity contribution in [2.45, 2.75) is 79.1 Å². The fourth-order valence-corrected chi connectivity index (χ4v) is 3.53. The second-order valence-electron chi connectivity index (χ2n) is 9.24. The Bertz CT molecular complexity index is 568. The number of ether oxygens (including phenoxy) is 2. The molecule has 11 heteroatoms. The third-order valence-corrected chi connectivity index (χ3v) is 4.50. The van der Waals surface area contributed by atoms with E-state index < -0.39 is 56.6 Å². The van der Waals surface area contributed by atoms with Gasteiger partial charge >= 0.3 is 19.9 Å². The number of amides is 1. The van der Waals surface area contributed by atoms with Crippen molar-refractivity contribution in [2.75, 3.05) is 26.5 Å². The van der Waals surface area contributed by atoms with Crippen LogP contribution >= 0.6 is 7.82 Å². The van der Waals surface area contributed by atoms with Gasteiger partial charge in [0, 0.05) is 6.54 Å². The van der Waals surface area contributed by atoms with Crippen LogP contribution in [0.15, 0.2) is 0 Å². The Kier molecular flexibility index (Phi) is 10.3. The van der Waals surface area contributed by atoms with E-state index in [1.165, 1.54) is 0 Å². The van der Waals surface area contributed by atoms with Crippen LogP contribution in [0.4, 0.5) is 4.79 Å². The van der Waals surface area contributed by atoms with Crippen molar-refractivity contribution in [2.24, 2.45) is 0 Å². The monoisotopic (exact) mass is 441 g/mol. The summed E-state index contributed by atoms with van der Waals surface area (Å²) in [6.45, 7) is 13.4. The molecule has 0 atom stereocenters. The summed E-state index contributed by atoms with van der Waals surface area (Å²) in [6, 6.07) is 0. The first-order valence-electron chi connectivity index (χ1n) is 9.26. The van der Waals surface area contributed by atoms with Gasteiger partial charge < -0.3 is 14.6 Å². The fraction of sp³-hybridized carbons (Fsp3) is 0.889. The molecule has 0 spiro atoms. The maximum absolute atomic E-state index is 12.9. The van der Waals surface area contributed by atoms with Crippen LogP contribution in [0.25, 0.3) is 0 Å².